The molecule has 0 unspecified atom stereocenters. The third-order valence-corrected chi connectivity index (χ3v) is 7.04. The van der Waals surface area contributed by atoms with Gasteiger partial charge < -0.3 is 10.4 Å². The molecule has 0 radical (unpaired) electrons. The number of aliphatic hydroxyl groups excluding tert-OH is 1. The molecule has 2 N–H and O–H groups in total. The zero-order valence-electron chi connectivity index (χ0n) is 22.4. The molecule has 210 valence electrons. The molecule has 0 bridgehead atoms. The summed E-state index contributed by atoms with van der Waals surface area (Å²) in [4.78, 5) is 18.1. The van der Waals surface area contributed by atoms with Gasteiger partial charge in [0, 0.05) is 24.0 Å². The first kappa shape index (κ1) is 27.1. The van der Waals surface area contributed by atoms with Crippen molar-refractivity contribution in [2.24, 2.45) is 0 Å². The number of nitrogens with one attached hydrogen (secondary N) is 1. The molecule has 6 rings (SSSR count). The maximum Gasteiger partial charge on any atom is 0.416 e. The van der Waals surface area contributed by atoms with Gasteiger partial charge in [0.2, 0.25) is 5.95 Å². The van der Waals surface area contributed by atoms with Gasteiger partial charge >= 0.3 is 6.18 Å². The Labute approximate surface area is 239 Å². The lowest BCUT2D eigenvalue weighted by Crippen LogP contribution is -2.13. The molecule has 3 heterocycles. The molecule has 0 aliphatic heterocycles. The van der Waals surface area contributed by atoms with Crippen LogP contribution in [0.4, 0.5) is 19.1 Å². The maximum atomic E-state index is 13.4. The summed E-state index contributed by atoms with van der Waals surface area (Å²) < 4.78 is 41.9. The number of imidazole rings is 1. The number of anilines is 1. The van der Waals surface area contributed by atoms with E-state index in [9.17, 15) is 18.3 Å². The number of aliphatic hydroxyl groups is 1. The van der Waals surface area contributed by atoms with E-state index in [1.54, 1.807) is 37.8 Å². The number of rotatable bonds is 7. The van der Waals surface area contributed by atoms with Crippen molar-refractivity contribution in [1.82, 2.24) is 24.5 Å². The van der Waals surface area contributed by atoms with Crippen LogP contribution in [-0.4, -0.2) is 29.6 Å². The molecule has 3 aromatic heterocycles. The van der Waals surface area contributed by atoms with Crippen molar-refractivity contribution in [1.29, 1.82) is 0 Å². The van der Waals surface area contributed by atoms with Crippen molar-refractivity contribution < 1.29 is 18.3 Å². The maximum absolute atomic E-state index is 13.4. The first-order chi connectivity index (χ1) is 20.3. The molecular weight excluding hydrogens is 541 g/mol. The molecule has 0 spiro atoms. The van der Waals surface area contributed by atoms with Crippen LogP contribution >= 0.6 is 0 Å². The minimum Gasteiger partial charge on any atom is -0.392 e. The Hall–Kier alpha value is -5.09. The van der Waals surface area contributed by atoms with Crippen molar-refractivity contribution in [2.75, 3.05) is 5.32 Å². The summed E-state index contributed by atoms with van der Waals surface area (Å²) in [6.45, 7) is 1.56. The highest BCUT2D eigenvalue weighted by Crippen LogP contribution is 2.32. The van der Waals surface area contributed by atoms with Gasteiger partial charge in [-0.1, -0.05) is 42.5 Å². The van der Waals surface area contributed by atoms with E-state index in [0.717, 1.165) is 34.3 Å². The van der Waals surface area contributed by atoms with Gasteiger partial charge in [-0.2, -0.15) is 18.2 Å². The van der Waals surface area contributed by atoms with Crippen LogP contribution in [-0.2, 0) is 12.8 Å². The Morgan fingerprint density at radius 2 is 1.69 bits per heavy atom. The fraction of sp³-hybridized carbons (Fsp3) is 0.125. The topological polar surface area (TPSA) is 88.8 Å². The average Bonchev–Trinajstić information content (AvgIpc) is 3.44. The van der Waals surface area contributed by atoms with Crippen LogP contribution in [0.5, 0.6) is 0 Å². The van der Waals surface area contributed by atoms with Gasteiger partial charge in [0.25, 0.3) is 0 Å². The first-order valence-corrected chi connectivity index (χ1v) is 13.2. The molecule has 10 heteroatoms. The third-order valence-electron chi connectivity index (χ3n) is 7.04. The van der Waals surface area contributed by atoms with Crippen molar-refractivity contribution in [3.05, 3.63) is 120 Å². The fourth-order valence-electron chi connectivity index (χ4n) is 4.85. The summed E-state index contributed by atoms with van der Waals surface area (Å²) in [6, 6.07) is 23.6. The predicted octanol–water partition coefficient (Wildman–Crippen LogP) is 7.23. The highest BCUT2D eigenvalue weighted by molar-refractivity contribution is 5.83. The number of nitrogens with zero attached hydrogens (tertiary/aromatic N) is 5. The quantitative estimate of drug-likeness (QED) is 0.212. The van der Waals surface area contributed by atoms with E-state index in [0.29, 0.717) is 28.2 Å². The highest BCUT2D eigenvalue weighted by Gasteiger charge is 2.30. The normalized spacial score (nSPS) is 12.4. The molecule has 42 heavy (non-hydrogen) atoms. The Bertz CT molecular complexity index is 1870. The zero-order valence-corrected chi connectivity index (χ0v) is 22.4. The van der Waals surface area contributed by atoms with Gasteiger partial charge in [0.1, 0.15) is 12.1 Å². The monoisotopic (exact) mass is 566 g/mol. The standard InChI is InChI=1S/C32H25F3N6O/c1-20(22-6-4-7-25(15-22)32(33,34)35)38-31-39-27(26-8-3-2-5-24(26)18-42)17-30(40-31)41-19-37-28-16-23(9-10-29(28)41)21-11-13-36-14-12-21/h2-17,19-20,42H,18H2,1H3,(H,38,39,40)/t20-/m0/s1. The van der Waals surface area contributed by atoms with Crippen molar-refractivity contribution >= 4 is 17.0 Å². The minimum absolute atomic E-state index is 0.190. The molecular formula is C32H25F3N6O. The summed E-state index contributed by atoms with van der Waals surface area (Å²) in [5.41, 5.74) is 5.22. The van der Waals surface area contributed by atoms with Crippen LogP contribution in [0.3, 0.4) is 0 Å². The first-order valence-electron chi connectivity index (χ1n) is 13.2. The lowest BCUT2D eigenvalue weighted by molar-refractivity contribution is -0.137. The molecule has 0 aliphatic carbocycles. The van der Waals surface area contributed by atoms with E-state index < -0.39 is 17.8 Å². The van der Waals surface area contributed by atoms with Crippen LogP contribution < -0.4 is 5.32 Å². The summed E-state index contributed by atoms with van der Waals surface area (Å²) in [5, 5.41) is 13.2. The molecule has 7 nitrogen and oxygen atoms in total. The average molecular weight is 567 g/mol. The van der Waals surface area contributed by atoms with Gasteiger partial charge in [-0.05, 0) is 65.6 Å². The minimum atomic E-state index is -4.45. The number of halogens is 3. The second-order valence-electron chi connectivity index (χ2n) is 9.79. The third kappa shape index (κ3) is 5.44. The number of pyridine rings is 1. The fourth-order valence-corrected chi connectivity index (χ4v) is 4.85. The van der Waals surface area contributed by atoms with Crippen LogP contribution in [0.2, 0.25) is 0 Å². The van der Waals surface area contributed by atoms with Gasteiger partial charge in [-0.25, -0.2) is 9.97 Å². The summed E-state index contributed by atoms with van der Waals surface area (Å²) in [6.07, 6.45) is 0.692. The van der Waals surface area contributed by atoms with E-state index in [1.165, 1.54) is 6.07 Å². The van der Waals surface area contributed by atoms with Crippen LogP contribution in [0.25, 0.3) is 39.2 Å². The molecule has 0 saturated heterocycles. The molecule has 6 aromatic rings. The van der Waals surface area contributed by atoms with E-state index in [-0.39, 0.29) is 12.6 Å². The van der Waals surface area contributed by atoms with Crippen LogP contribution in [0.1, 0.15) is 29.7 Å². The number of alkyl halides is 3. The SMILES string of the molecule is C[C@H](Nc1nc(-c2ccccc2CO)cc(-n2cnc3cc(-c4ccncc4)ccc32)n1)c1cccc(C(F)(F)F)c1. The van der Waals surface area contributed by atoms with E-state index in [1.807, 2.05) is 59.2 Å². The molecule has 0 saturated carbocycles. The largest absolute Gasteiger partial charge is 0.416 e. The van der Waals surface area contributed by atoms with Gasteiger partial charge in [-0.3, -0.25) is 9.55 Å². The summed E-state index contributed by atoms with van der Waals surface area (Å²) in [7, 11) is 0. The van der Waals surface area contributed by atoms with Crippen LogP contribution in [0, 0.1) is 0 Å². The molecule has 3 aromatic carbocycles. The second kappa shape index (κ2) is 11.1. The lowest BCUT2D eigenvalue weighted by Gasteiger charge is -2.18. The molecule has 0 aliphatic rings. The summed E-state index contributed by atoms with van der Waals surface area (Å²) >= 11 is 0. The number of fused-ring (bicyclic) bond motifs is 1. The number of benzene rings is 3. The number of hydrogen-bond acceptors (Lipinski definition) is 6. The molecule has 0 fully saturated rings. The van der Waals surface area contributed by atoms with E-state index >= 15 is 0 Å². The van der Waals surface area contributed by atoms with Gasteiger partial charge in [0.05, 0.1) is 34.9 Å². The Kier molecular flexibility index (Phi) is 7.13. The van der Waals surface area contributed by atoms with Gasteiger partial charge in [-0.15, -0.1) is 0 Å². The Morgan fingerprint density at radius 1 is 0.881 bits per heavy atom. The van der Waals surface area contributed by atoms with Crippen molar-refractivity contribution in [3.63, 3.8) is 0 Å². The summed E-state index contributed by atoms with van der Waals surface area (Å²) in [5.74, 6) is 0.723. The molecule has 1 atom stereocenters. The molecule has 0 amide bonds. The smallest absolute Gasteiger partial charge is 0.392 e. The second-order valence-corrected chi connectivity index (χ2v) is 9.79. The van der Waals surface area contributed by atoms with E-state index in [4.69, 9.17) is 9.97 Å². The van der Waals surface area contributed by atoms with Crippen LogP contribution in [0.15, 0.2) is 104 Å². The highest BCUT2D eigenvalue weighted by atomic mass is 19.4. The van der Waals surface area contributed by atoms with Crippen molar-refractivity contribution in [2.45, 2.75) is 25.7 Å². The lowest BCUT2D eigenvalue weighted by atomic mass is 10.0. The number of hydrogen-bond donors (Lipinski definition) is 2. The Morgan fingerprint density at radius 3 is 2.48 bits per heavy atom. The zero-order chi connectivity index (χ0) is 29.3. The number of aromatic nitrogens is 5. The Balaban J connectivity index is 1.43. The predicted molar refractivity (Wildman–Crippen MR) is 155 cm³/mol. The van der Waals surface area contributed by atoms with Gasteiger partial charge in [0.15, 0.2) is 0 Å². The van der Waals surface area contributed by atoms with E-state index in [2.05, 4.69) is 15.3 Å². The van der Waals surface area contributed by atoms with Crippen molar-refractivity contribution in [3.8, 4) is 28.2 Å².